The zero-order valence-electron chi connectivity index (χ0n) is 14.2. The van der Waals surface area contributed by atoms with Crippen molar-refractivity contribution in [2.45, 2.75) is 25.8 Å². The summed E-state index contributed by atoms with van der Waals surface area (Å²) in [6, 6.07) is 7.98. The van der Waals surface area contributed by atoms with Crippen LogP contribution in [0.1, 0.15) is 19.8 Å². The van der Waals surface area contributed by atoms with E-state index in [9.17, 15) is 0 Å². The Hall–Kier alpha value is -2.18. The number of hydrogen-bond donors (Lipinski definition) is 1. The quantitative estimate of drug-likeness (QED) is 0.777. The Balaban J connectivity index is 1.64. The Bertz CT molecular complexity index is 860. The molecule has 0 amide bonds. The van der Waals surface area contributed by atoms with Crippen LogP contribution in [0.15, 0.2) is 36.7 Å². The molecule has 1 fully saturated rings. The maximum absolute atomic E-state index is 5.98. The van der Waals surface area contributed by atoms with Gasteiger partial charge in [-0.15, -0.1) is 10.2 Å². The van der Waals surface area contributed by atoms with Gasteiger partial charge in [-0.25, -0.2) is 4.98 Å². The monoisotopic (exact) mass is 356 g/mol. The van der Waals surface area contributed by atoms with Crippen LogP contribution in [0.2, 0.25) is 5.02 Å². The number of imidazole rings is 1. The smallest absolute Gasteiger partial charge is 0.192 e. The Morgan fingerprint density at radius 2 is 2.08 bits per heavy atom. The van der Waals surface area contributed by atoms with Crippen LogP contribution < -0.4 is 5.32 Å². The average Bonchev–Trinajstić information content (AvgIpc) is 3.13. The first-order valence-electron chi connectivity index (χ1n) is 8.69. The molecule has 1 aromatic carbocycles. The zero-order chi connectivity index (χ0) is 17.2. The molecule has 25 heavy (non-hydrogen) atoms. The van der Waals surface area contributed by atoms with Crippen molar-refractivity contribution in [1.29, 1.82) is 0 Å². The molecule has 1 saturated heterocycles. The molecule has 3 aromatic rings. The van der Waals surface area contributed by atoms with E-state index < -0.39 is 0 Å². The second-order valence-electron chi connectivity index (χ2n) is 6.38. The van der Waals surface area contributed by atoms with Crippen LogP contribution in [0.4, 0.5) is 5.82 Å². The minimum absolute atomic E-state index is 0.380. The van der Waals surface area contributed by atoms with Gasteiger partial charge in [0.15, 0.2) is 17.3 Å². The minimum Gasteiger partial charge on any atom is -0.361 e. The van der Waals surface area contributed by atoms with Gasteiger partial charge in [-0.1, -0.05) is 18.5 Å². The van der Waals surface area contributed by atoms with E-state index in [0.29, 0.717) is 11.1 Å². The molecular formula is C18H21ClN6. The van der Waals surface area contributed by atoms with Gasteiger partial charge < -0.3 is 10.2 Å². The fourth-order valence-electron chi connectivity index (χ4n) is 3.38. The molecule has 1 aliphatic heterocycles. The van der Waals surface area contributed by atoms with E-state index in [1.807, 2.05) is 34.9 Å². The molecule has 7 heteroatoms. The van der Waals surface area contributed by atoms with Crippen molar-refractivity contribution < 1.29 is 0 Å². The lowest BCUT2D eigenvalue weighted by molar-refractivity contribution is 0.226. The van der Waals surface area contributed by atoms with E-state index >= 15 is 0 Å². The lowest BCUT2D eigenvalue weighted by Gasteiger charge is -2.32. The predicted molar refractivity (Wildman–Crippen MR) is 100.0 cm³/mol. The van der Waals surface area contributed by atoms with Crippen LogP contribution in [-0.2, 0) is 0 Å². The van der Waals surface area contributed by atoms with Crippen LogP contribution in [-0.4, -0.2) is 50.2 Å². The van der Waals surface area contributed by atoms with Gasteiger partial charge in [0.2, 0.25) is 0 Å². The molecule has 1 atom stereocenters. The summed E-state index contributed by atoms with van der Waals surface area (Å²) in [5.74, 6) is 1.50. The number of nitrogens with one attached hydrogen (secondary N) is 1. The van der Waals surface area contributed by atoms with Gasteiger partial charge in [0, 0.05) is 35.6 Å². The van der Waals surface area contributed by atoms with E-state index in [1.54, 1.807) is 6.20 Å². The fraction of sp³-hybridized carbons (Fsp3) is 0.389. The van der Waals surface area contributed by atoms with Crippen LogP contribution in [0.25, 0.3) is 17.0 Å². The number of benzene rings is 1. The summed E-state index contributed by atoms with van der Waals surface area (Å²) in [6.45, 7) is 5.49. The topological polar surface area (TPSA) is 58.3 Å². The van der Waals surface area contributed by atoms with Gasteiger partial charge in [-0.3, -0.25) is 4.40 Å². The van der Waals surface area contributed by atoms with Gasteiger partial charge in [-0.05, 0) is 50.2 Å². The SMILES string of the molecule is CCN1CCC[C@@H](Nc2nnc(-c3ccc(Cl)cc3)n3ccnc23)C1. The molecule has 0 radical (unpaired) electrons. The number of hydrogen-bond acceptors (Lipinski definition) is 5. The van der Waals surface area contributed by atoms with E-state index in [-0.39, 0.29) is 0 Å². The molecule has 1 aliphatic rings. The fourth-order valence-corrected chi connectivity index (χ4v) is 3.51. The molecule has 0 bridgehead atoms. The standard InChI is InChI=1S/C18H21ClN6/c1-2-24-10-3-4-15(12-24)21-16-18-20-9-11-25(18)17(23-22-16)13-5-7-14(19)8-6-13/h5-9,11,15H,2-4,10,12H2,1H3,(H,21,22)/t15-/m1/s1. The van der Waals surface area contributed by atoms with E-state index in [0.717, 1.165) is 42.4 Å². The summed E-state index contributed by atoms with van der Waals surface area (Å²) >= 11 is 5.98. The number of nitrogens with zero attached hydrogens (tertiary/aromatic N) is 5. The van der Waals surface area contributed by atoms with E-state index in [2.05, 4.69) is 32.3 Å². The van der Waals surface area contributed by atoms with E-state index in [1.165, 1.54) is 13.0 Å². The number of fused-ring (bicyclic) bond motifs is 1. The number of rotatable bonds is 4. The molecule has 6 nitrogen and oxygen atoms in total. The molecule has 130 valence electrons. The Labute approximate surface area is 151 Å². The van der Waals surface area contributed by atoms with Crippen LogP contribution in [0, 0.1) is 0 Å². The summed E-state index contributed by atoms with van der Waals surface area (Å²) < 4.78 is 1.97. The molecule has 0 spiro atoms. The number of piperidine rings is 1. The number of likely N-dealkylation sites (N-methyl/N-ethyl adjacent to an activating group) is 1. The summed E-state index contributed by atoms with van der Waals surface area (Å²) in [6.07, 6.45) is 6.04. The minimum atomic E-state index is 0.380. The summed E-state index contributed by atoms with van der Waals surface area (Å²) in [5, 5.41) is 13.1. The molecule has 4 rings (SSSR count). The van der Waals surface area contributed by atoms with Crippen molar-refractivity contribution >= 4 is 23.1 Å². The number of anilines is 1. The first-order chi connectivity index (χ1) is 12.2. The predicted octanol–water partition coefficient (Wildman–Crippen LogP) is 3.34. The number of likely N-dealkylation sites (tertiary alicyclic amines) is 1. The van der Waals surface area contributed by atoms with Crippen molar-refractivity contribution in [3.05, 3.63) is 41.7 Å². The molecule has 2 aromatic heterocycles. The van der Waals surface area contributed by atoms with Crippen molar-refractivity contribution in [2.75, 3.05) is 25.0 Å². The Morgan fingerprint density at radius 1 is 1.24 bits per heavy atom. The lowest BCUT2D eigenvalue weighted by atomic mass is 10.1. The second kappa shape index (κ2) is 6.98. The van der Waals surface area contributed by atoms with E-state index in [4.69, 9.17) is 11.6 Å². The molecule has 1 N–H and O–H groups in total. The Kier molecular flexibility index (Phi) is 4.55. The summed E-state index contributed by atoms with van der Waals surface area (Å²) in [4.78, 5) is 6.94. The largest absolute Gasteiger partial charge is 0.361 e. The average molecular weight is 357 g/mol. The molecule has 3 heterocycles. The third-order valence-corrected chi connectivity index (χ3v) is 4.97. The number of halogens is 1. The van der Waals surface area contributed by atoms with Gasteiger partial charge in [0.25, 0.3) is 0 Å². The number of aromatic nitrogens is 4. The third kappa shape index (κ3) is 3.32. The van der Waals surface area contributed by atoms with Crippen molar-refractivity contribution in [1.82, 2.24) is 24.5 Å². The lowest BCUT2D eigenvalue weighted by Crippen LogP contribution is -2.42. The molecule has 0 saturated carbocycles. The van der Waals surface area contributed by atoms with Crippen LogP contribution in [0.5, 0.6) is 0 Å². The summed E-state index contributed by atoms with van der Waals surface area (Å²) in [5.41, 5.74) is 1.76. The highest BCUT2D eigenvalue weighted by Crippen LogP contribution is 2.23. The highest BCUT2D eigenvalue weighted by molar-refractivity contribution is 6.30. The molecule has 0 aliphatic carbocycles. The van der Waals surface area contributed by atoms with Gasteiger partial charge in [0.1, 0.15) is 0 Å². The summed E-state index contributed by atoms with van der Waals surface area (Å²) in [7, 11) is 0. The van der Waals surface area contributed by atoms with Crippen LogP contribution >= 0.6 is 11.6 Å². The normalized spacial score (nSPS) is 18.6. The Morgan fingerprint density at radius 3 is 2.88 bits per heavy atom. The maximum Gasteiger partial charge on any atom is 0.192 e. The highest BCUT2D eigenvalue weighted by atomic mass is 35.5. The first kappa shape index (κ1) is 16.3. The van der Waals surface area contributed by atoms with Crippen molar-refractivity contribution in [3.8, 4) is 11.4 Å². The van der Waals surface area contributed by atoms with Crippen LogP contribution in [0.3, 0.4) is 0 Å². The third-order valence-electron chi connectivity index (χ3n) is 4.72. The maximum atomic E-state index is 5.98. The van der Waals surface area contributed by atoms with Gasteiger partial charge in [0.05, 0.1) is 0 Å². The first-order valence-corrected chi connectivity index (χ1v) is 9.07. The van der Waals surface area contributed by atoms with Crippen molar-refractivity contribution in [2.24, 2.45) is 0 Å². The van der Waals surface area contributed by atoms with Crippen molar-refractivity contribution in [3.63, 3.8) is 0 Å². The van der Waals surface area contributed by atoms with Gasteiger partial charge in [-0.2, -0.15) is 0 Å². The second-order valence-corrected chi connectivity index (χ2v) is 6.81. The zero-order valence-corrected chi connectivity index (χ0v) is 14.9. The molecule has 0 unspecified atom stereocenters. The highest BCUT2D eigenvalue weighted by Gasteiger charge is 2.21. The van der Waals surface area contributed by atoms with Gasteiger partial charge >= 0.3 is 0 Å². The molecular weight excluding hydrogens is 336 g/mol.